The summed E-state index contributed by atoms with van der Waals surface area (Å²) in [6.07, 6.45) is 2.52. The van der Waals surface area contributed by atoms with Gasteiger partial charge in [0.15, 0.2) is 6.23 Å². The van der Waals surface area contributed by atoms with Crippen LogP contribution in [-0.4, -0.2) is 12.1 Å². The number of pyridine rings is 1. The van der Waals surface area contributed by atoms with Crippen molar-refractivity contribution in [2.75, 3.05) is 12.4 Å². The van der Waals surface area contributed by atoms with Crippen LogP contribution in [0.2, 0.25) is 5.15 Å². The molecular weight excluding hydrogens is 308 g/mol. The summed E-state index contributed by atoms with van der Waals surface area (Å²) in [5, 5.41) is 3.97. The van der Waals surface area contributed by atoms with Crippen LogP contribution >= 0.6 is 11.6 Å². The number of nitrogens with zero attached hydrogens (tertiary/aromatic N) is 1. The van der Waals surface area contributed by atoms with E-state index in [1.807, 2.05) is 12.1 Å². The van der Waals surface area contributed by atoms with E-state index in [4.69, 9.17) is 16.3 Å². The molecule has 0 spiro atoms. The fourth-order valence-corrected chi connectivity index (χ4v) is 4.01. The molecule has 122 valence electrons. The average Bonchev–Trinajstić information content (AvgIpc) is 2.76. The number of anilines is 1. The van der Waals surface area contributed by atoms with Crippen molar-refractivity contribution in [1.82, 2.24) is 4.98 Å². The minimum absolute atomic E-state index is 0.209. The number of benzene rings is 1. The molecule has 23 heavy (non-hydrogen) atoms. The molecular formula is C19H23ClN2O. The van der Waals surface area contributed by atoms with Gasteiger partial charge < -0.3 is 10.1 Å². The summed E-state index contributed by atoms with van der Waals surface area (Å²) in [6.45, 7) is 6.91. The van der Waals surface area contributed by atoms with Gasteiger partial charge in [-0.3, -0.25) is 0 Å². The maximum absolute atomic E-state index is 6.22. The predicted molar refractivity (Wildman–Crippen MR) is 95.1 cm³/mol. The quantitative estimate of drug-likeness (QED) is 0.612. The molecule has 2 atom stereocenters. The number of nitrogens with one attached hydrogen (secondary N) is 1. The summed E-state index contributed by atoms with van der Waals surface area (Å²) < 4.78 is 5.63. The van der Waals surface area contributed by atoms with Gasteiger partial charge in [-0.15, -0.1) is 0 Å². The Morgan fingerprint density at radius 2 is 2.09 bits per heavy atom. The first kappa shape index (κ1) is 16.3. The molecule has 1 aliphatic carbocycles. The summed E-state index contributed by atoms with van der Waals surface area (Å²) in [5.41, 5.74) is 4.98. The van der Waals surface area contributed by atoms with Crippen LogP contribution < -0.4 is 5.32 Å². The highest BCUT2D eigenvalue weighted by molar-refractivity contribution is 6.30. The number of fused-ring (bicyclic) bond motifs is 1. The number of ether oxygens (including phenoxy) is 1. The van der Waals surface area contributed by atoms with Gasteiger partial charge in [0.25, 0.3) is 0 Å². The van der Waals surface area contributed by atoms with Gasteiger partial charge in [0.2, 0.25) is 0 Å². The molecule has 2 unspecified atom stereocenters. The van der Waals surface area contributed by atoms with Gasteiger partial charge in [0.1, 0.15) is 5.15 Å². The van der Waals surface area contributed by atoms with Crippen LogP contribution in [0.5, 0.6) is 0 Å². The number of rotatable bonds is 4. The van der Waals surface area contributed by atoms with Crippen molar-refractivity contribution in [3.05, 3.63) is 58.4 Å². The second-order valence-corrected chi connectivity index (χ2v) is 7.26. The van der Waals surface area contributed by atoms with E-state index in [-0.39, 0.29) is 11.6 Å². The zero-order chi connectivity index (χ0) is 16.6. The molecule has 0 amide bonds. The average molecular weight is 331 g/mol. The van der Waals surface area contributed by atoms with Crippen molar-refractivity contribution in [3.8, 4) is 0 Å². The maximum Gasteiger partial charge on any atom is 0.156 e. The Balaban J connectivity index is 1.98. The van der Waals surface area contributed by atoms with Gasteiger partial charge in [-0.2, -0.15) is 0 Å². The number of aromatic nitrogens is 1. The van der Waals surface area contributed by atoms with Crippen molar-refractivity contribution in [2.24, 2.45) is 0 Å². The Morgan fingerprint density at radius 1 is 1.30 bits per heavy atom. The predicted octanol–water partition coefficient (Wildman–Crippen LogP) is 5.28. The Kier molecular flexibility index (Phi) is 4.35. The molecule has 1 heterocycles. The van der Waals surface area contributed by atoms with Crippen molar-refractivity contribution < 1.29 is 4.74 Å². The Bertz CT molecular complexity index is 714. The van der Waals surface area contributed by atoms with Gasteiger partial charge in [-0.25, -0.2) is 4.98 Å². The molecule has 3 nitrogen and oxygen atoms in total. The van der Waals surface area contributed by atoms with Gasteiger partial charge in [0, 0.05) is 24.6 Å². The lowest BCUT2D eigenvalue weighted by atomic mass is 9.86. The second kappa shape index (κ2) is 6.14. The lowest BCUT2D eigenvalue weighted by Crippen LogP contribution is -2.15. The first-order valence-electron chi connectivity index (χ1n) is 7.97. The van der Waals surface area contributed by atoms with E-state index in [0.29, 0.717) is 11.1 Å². The number of hydrogen-bond acceptors (Lipinski definition) is 3. The van der Waals surface area contributed by atoms with Crippen molar-refractivity contribution in [1.29, 1.82) is 0 Å². The molecule has 0 fully saturated rings. The summed E-state index contributed by atoms with van der Waals surface area (Å²) in [6, 6.07) is 10.3. The molecule has 1 N–H and O–H groups in total. The van der Waals surface area contributed by atoms with Crippen LogP contribution in [-0.2, 0) is 10.2 Å². The smallest absolute Gasteiger partial charge is 0.156 e. The van der Waals surface area contributed by atoms with Crippen LogP contribution in [0.3, 0.4) is 0 Å². The highest BCUT2D eigenvalue weighted by Gasteiger charge is 2.36. The lowest BCUT2D eigenvalue weighted by Gasteiger charge is -2.23. The number of hydrogen-bond donors (Lipinski definition) is 1. The largest absolute Gasteiger partial charge is 0.357 e. The first-order valence-corrected chi connectivity index (χ1v) is 8.35. The monoisotopic (exact) mass is 330 g/mol. The van der Waals surface area contributed by atoms with Gasteiger partial charge in [0.05, 0.1) is 0 Å². The third-order valence-corrected chi connectivity index (χ3v) is 5.05. The molecule has 1 aromatic heterocycles. The van der Waals surface area contributed by atoms with Gasteiger partial charge >= 0.3 is 0 Å². The van der Waals surface area contributed by atoms with Crippen LogP contribution in [0, 0.1) is 0 Å². The van der Waals surface area contributed by atoms with Gasteiger partial charge in [-0.1, -0.05) is 44.5 Å². The molecule has 0 saturated carbocycles. The van der Waals surface area contributed by atoms with Crippen LogP contribution in [0.25, 0.3) is 0 Å². The third-order valence-electron chi connectivity index (χ3n) is 4.74. The standard InChI is InChI=1S/C19H23ClN2O/c1-12-11-19(2,3)14-8-5-9-15(16(12)14)22-18(23-4)13-7-6-10-21-17(13)20/h5-10,12,18,22H,11H2,1-4H3. The van der Waals surface area contributed by atoms with E-state index in [1.54, 1.807) is 13.3 Å². The molecule has 4 heteroatoms. The van der Waals surface area contributed by atoms with E-state index in [2.05, 4.69) is 49.3 Å². The van der Waals surface area contributed by atoms with E-state index in [9.17, 15) is 0 Å². The van der Waals surface area contributed by atoms with Crippen molar-refractivity contribution >= 4 is 17.3 Å². The van der Waals surface area contributed by atoms with E-state index in [1.165, 1.54) is 11.1 Å². The van der Waals surface area contributed by atoms with Crippen molar-refractivity contribution in [3.63, 3.8) is 0 Å². The van der Waals surface area contributed by atoms with Gasteiger partial charge in [-0.05, 0) is 47.1 Å². The second-order valence-electron chi connectivity index (χ2n) is 6.90. The number of halogens is 1. The SMILES string of the molecule is COC(Nc1cccc2c1C(C)CC2(C)C)c1cccnc1Cl. The Hall–Kier alpha value is -1.58. The Morgan fingerprint density at radius 3 is 2.78 bits per heavy atom. The molecule has 0 bridgehead atoms. The summed E-state index contributed by atoms with van der Waals surface area (Å²) >= 11 is 6.22. The van der Waals surface area contributed by atoms with Crippen LogP contribution in [0.1, 0.15) is 56.0 Å². The molecule has 2 aromatic rings. The van der Waals surface area contributed by atoms with E-state index < -0.39 is 0 Å². The fourth-order valence-electron chi connectivity index (χ4n) is 3.79. The first-order chi connectivity index (χ1) is 10.9. The molecule has 3 rings (SSSR count). The highest BCUT2D eigenvalue weighted by Crippen LogP contribution is 2.48. The summed E-state index contributed by atoms with van der Waals surface area (Å²) in [5.74, 6) is 0.519. The number of methoxy groups -OCH3 is 1. The summed E-state index contributed by atoms with van der Waals surface area (Å²) in [7, 11) is 1.68. The minimum Gasteiger partial charge on any atom is -0.357 e. The van der Waals surface area contributed by atoms with Crippen LogP contribution in [0.4, 0.5) is 5.69 Å². The normalized spacial score (nSPS) is 20.1. The van der Waals surface area contributed by atoms with E-state index >= 15 is 0 Å². The summed E-state index contributed by atoms with van der Waals surface area (Å²) in [4.78, 5) is 4.15. The minimum atomic E-state index is -0.321. The fraction of sp³-hybridized carbons (Fsp3) is 0.421. The molecule has 1 aromatic carbocycles. The zero-order valence-electron chi connectivity index (χ0n) is 14.1. The zero-order valence-corrected chi connectivity index (χ0v) is 14.8. The highest BCUT2D eigenvalue weighted by atomic mass is 35.5. The van der Waals surface area contributed by atoms with Crippen molar-refractivity contribution in [2.45, 2.75) is 44.8 Å². The topological polar surface area (TPSA) is 34.1 Å². The van der Waals surface area contributed by atoms with E-state index in [0.717, 1.165) is 17.7 Å². The van der Waals surface area contributed by atoms with Crippen LogP contribution in [0.15, 0.2) is 36.5 Å². The molecule has 0 radical (unpaired) electrons. The lowest BCUT2D eigenvalue weighted by molar-refractivity contribution is 0.126. The molecule has 1 aliphatic rings. The Labute approximate surface area is 143 Å². The molecule has 0 saturated heterocycles. The molecule has 0 aliphatic heterocycles. The third kappa shape index (κ3) is 2.96. The maximum atomic E-state index is 6.22.